The smallest absolute Gasteiger partial charge is 0.0628 e. The average Bonchev–Trinajstić information content (AvgIpc) is 2.69. The normalized spacial score (nSPS) is 15.2. The van der Waals surface area contributed by atoms with Gasteiger partial charge < -0.3 is 5.11 Å². The van der Waals surface area contributed by atoms with Gasteiger partial charge in [0.05, 0.1) is 6.10 Å². The summed E-state index contributed by atoms with van der Waals surface area (Å²) in [6.07, 6.45) is -0.241. The van der Waals surface area contributed by atoms with Crippen LogP contribution in [0.3, 0.4) is 0 Å². The summed E-state index contributed by atoms with van der Waals surface area (Å²) >= 11 is 3.61. The van der Waals surface area contributed by atoms with Crippen molar-refractivity contribution in [3.05, 3.63) is 35.2 Å². The van der Waals surface area contributed by atoms with Crippen molar-refractivity contribution in [1.29, 1.82) is 0 Å². The molecule has 1 heterocycles. The summed E-state index contributed by atoms with van der Waals surface area (Å²) in [6, 6.07) is 8.50. The van der Waals surface area contributed by atoms with Crippen LogP contribution >= 0.6 is 23.1 Å². The first-order valence-electron chi connectivity index (χ1n) is 5.43. The summed E-state index contributed by atoms with van der Waals surface area (Å²) in [4.78, 5) is 0. The van der Waals surface area contributed by atoms with Crippen LogP contribution in [-0.4, -0.2) is 16.5 Å². The summed E-state index contributed by atoms with van der Waals surface area (Å²) in [5.74, 6) is 0.982. The molecule has 2 atom stereocenters. The van der Waals surface area contributed by atoms with Gasteiger partial charge in [-0.15, -0.1) is 11.3 Å². The maximum Gasteiger partial charge on any atom is 0.0628 e. The van der Waals surface area contributed by atoms with Crippen LogP contribution in [0.1, 0.15) is 19.4 Å². The Labute approximate surface area is 104 Å². The zero-order valence-corrected chi connectivity index (χ0v) is 11.1. The molecule has 0 aliphatic heterocycles. The fraction of sp³-hybridized carbons (Fsp3) is 0.385. The minimum absolute atomic E-state index is 0.241. The zero-order valence-electron chi connectivity index (χ0n) is 9.51. The molecule has 0 spiro atoms. The highest BCUT2D eigenvalue weighted by Gasteiger charge is 2.10. The lowest BCUT2D eigenvalue weighted by Gasteiger charge is -2.13. The number of hydrogen-bond acceptors (Lipinski definition) is 3. The van der Waals surface area contributed by atoms with Crippen LogP contribution in [0.15, 0.2) is 29.6 Å². The fourth-order valence-electron chi connectivity index (χ4n) is 1.51. The van der Waals surface area contributed by atoms with E-state index in [9.17, 15) is 5.11 Å². The zero-order chi connectivity index (χ0) is 11.5. The third-order valence-electron chi connectivity index (χ3n) is 2.74. The van der Waals surface area contributed by atoms with Crippen molar-refractivity contribution < 1.29 is 5.11 Å². The number of benzene rings is 1. The Morgan fingerprint density at radius 1 is 1.31 bits per heavy atom. The molecule has 2 unspecified atom stereocenters. The Hall–Kier alpha value is -0.510. The summed E-state index contributed by atoms with van der Waals surface area (Å²) < 4.78 is 1.35. The van der Waals surface area contributed by atoms with E-state index in [1.54, 1.807) is 11.3 Å². The van der Waals surface area contributed by atoms with E-state index in [4.69, 9.17) is 0 Å². The molecule has 2 aromatic rings. The number of hydrogen-bond donors (Lipinski definition) is 1. The molecule has 1 nitrogen and oxygen atoms in total. The van der Waals surface area contributed by atoms with Crippen LogP contribution in [0.5, 0.6) is 0 Å². The number of aliphatic hydroxyl groups excluding tert-OH is 1. The van der Waals surface area contributed by atoms with Gasteiger partial charge in [0.1, 0.15) is 0 Å². The maximum absolute atomic E-state index is 9.44. The van der Waals surface area contributed by atoms with E-state index in [1.807, 2.05) is 18.7 Å². The highest BCUT2D eigenvalue weighted by Crippen LogP contribution is 2.30. The molecule has 0 bridgehead atoms. The van der Waals surface area contributed by atoms with Crippen molar-refractivity contribution in [2.45, 2.75) is 31.0 Å². The summed E-state index contributed by atoms with van der Waals surface area (Å²) in [5.41, 5.74) is 1.39. The van der Waals surface area contributed by atoms with Crippen LogP contribution in [0, 0.1) is 0 Å². The molecule has 86 valence electrons. The second-order valence-corrected chi connectivity index (χ2v) is 6.29. The van der Waals surface area contributed by atoms with E-state index in [2.05, 4.69) is 36.6 Å². The molecule has 0 aliphatic rings. The van der Waals surface area contributed by atoms with Gasteiger partial charge in [-0.2, -0.15) is 11.8 Å². The van der Waals surface area contributed by atoms with Crippen molar-refractivity contribution in [1.82, 2.24) is 0 Å². The number of thioether (sulfide) groups is 1. The monoisotopic (exact) mass is 252 g/mol. The van der Waals surface area contributed by atoms with Gasteiger partial charge in [-0.25, -0.2) is 0 Å². The van der Waals surface area contributed by atoms with Gasteiger partial charge in [0, 0.05) is 15.7 Å². The standard InChI is InChI=1S/C13H16OS2/c1-9(14)10(2)15-7-11-8-16-13-6-4-3-5-12(11)13/h3-6,8-10,14H,7H2,1-2H3. The lowest BCUT2D eigenvalue weighted by atomic mass is 10.2. The Balaban J connectivity index is 2.10. The minimum Gasteiger partial charge on any atom is -0.392 e. The van der Waals surface area contributed by atoms with Gasteiger partial charge >= 0.3 is 0 Å². The molecule has 0 amide bonds. The van der Waals surface area contributed by atoms with Crippen molar-refractivity contribution in [2.24, 2.45) is 0 Å². The van der Waals surface area contributed by atoms with Crippen LogP contribution in [-0.2, 0) is 5.75 Å². The first-order valence-corrected chi connectivity index (χ1v) is 7.36. The van der Waals surface area contributed by atoms with Crippen LogP contribution in [0.25, 0.3) is 10.1 Å². The molecule has 1 N–H and O–H groups in total. The average molecular weight is 252 g/mol. The Bertz CT molecular complexity index is 462. The third-order valence-corrected chi connectivity index (χ3v) is 5.15. The van der Waals surface area contributed by atoms with E-state index in [1.165, 1.54) is 15.6 Å². The highest BCUT2D eigenvalue weighted by atomic mass is 32.2. The van der Waals surface area contributed by atoms with Crippen LogP contribution < -0.4 is 0 Å². The lowest BCUT2D eigenvalue weighted by Crippen LogP contribution is -2.15. The first-order chi connectivity index (χ1) is 7.68. The summed E-state index contributed by atoms with van der Waals surface area (Å²) in [7, 11) is 0. The number of aliphatic hydroxyl groups is 1. The molecule has 1 aromatic carbocycles. The van der Waals surface area contributed by atoms with Gasteiger partial charge in [0.2, 0.25) is 0 Å². The van der Waals surface area contributed by atoms with E-state index in [-0.39, 0.29) is 6.10 Å². The summed E-state index contributed by atoms with van der Waals surface area (Å²) in [5, 5.41) is 13.3. The predicted molar refractivity (Wildman–Crippen MR) is 74.3 cm³/mol. The predicted octanol–water partition coefficient (Wildman–Crippen LogP) is 3.90. The Morgan fingerprint density at radius 2 is 2.06 bits per heavy atom. The van der Waals surface area contributed by atoms with Gasteiger partial charge in [0.25, 0.3) is 0 Å². The molecule has 0 aliphatic carbocycles. The van der Waals surface area contributed by atoms with Gasteiger partial charge in [-0.1, -0.05) is 25.1 Å². The quantitative estimate of drug-likeness (QED) is 0.890. The Morgan fingerprint density at radius 3 is 2.81 bits per heavy atom. The van der Waals surface area contributed by atoms with Crippen molar-refractivity contribution >= 4 is 33.2 Å². The van der Waals surface area contributed by atoms with Crippen LogP contribution in [0.4, 0.5) is 0 Å². The van der Waals surface area contributed by atoms with E-state index < -0.39 is 0 Å². The summed E-state index contributed by atoms with van der Waals surface area (Å²) in [6.45, 7) is 3.92. The molecule has 0 saturated carbocycles. The van der Waals surface area contributed by atoms with E-state index in [0.717, 1.165) is 5.75 Å². The second kappa shape index (κ2) is 5.21. The fourth-order valence-corrected chi connectivity index (χ4v) is 3.53. The van der Waals surface area contributed by atoms with E-state index in [0.29, 0.717) is 5.25 Å². The maximum atomic E-state index is 9.44. The van der Waals surface area contributed by atoms with Crippen molar-refractivity contribution in [2.75, 3.05) is 0 Å². The molecular weight excluding hydrogens is 236 g/mol. The minimum atomic E-state index is -0.241. The topological polar surface area (TPSA) is 20.2 Å². The largest absolute Gasteiger partial charge is 0.392 e. The number of thiophene rings is 1. The molecule has 1 aromatic heterocycles. The van der Waals surface area contributed by atoms with Gasteiger partial charge in [0.15, 0.2) is 0 Å². The van der Waals surface area contributed by atoms with E-state index >= 15 is 0 Å². The van der Waals surface area contributed by atoms with Crippen molar-refractivity contribution in [3.8, 4) is 0 Å². The second-order valence-electron chi connectivity index (χ2n) is 4.01. The van der Waals surface area contributed by atoms with Crippen LogP contribution in [0.2, 0.25) is 0 Å². The van der Waals surface area contributed by atoms with Gasteiger partial charge in [-0.3, -0.25) is 0 Å². The van der Waals surface area contributed by atoms with Gasteiger partial charge in [-0.05, 0) is 29.3 Å². The highest BCUT2D eigenvalue weighted by molar-refractivity contribution is 7.99. The molecule has 0 radical (unpaired) electrons. The Kier molecular flexibility index (Phi) is 3.90. The number of fused-ring (bicyclic) bond motifs is 1. The molecule has 3 heteroatoms. The van der Waals surface area contributed by atoms with Crippen molar-refractivity contribution in [3.63, 3.8) is 0 Å². The number of rotatable bonds is 4. The molecular formula is C13H16OS2. The molecule has 2 rings (SSSR count). The molecule has 0 fully saturated rings. The molecule has 0 saturated heterocycles. The first kappa shape index (κ1) is 12.0. The lowest BCUT2D eigenvalue weighted by molar-refractivity contribution is 0.196. The SMILES string of the molecule is CC(O)C(C)SCc1csc2ccccc12. The third kappa shape index (κ3) is 2.59. The molecule has 16 heavy (non-hydrogen) atoms.